The van der Waals surface area contributed by atoms with Crippen LogP contribution in [0.2, 0.25) is 0 Å². The van der Waals surface area contributed by atoms with Crippen molar-refractivity contribution in [3.8, 4) is 22.3 Å². The second kappa shape index (κ2) is 7.08. The Morgan fingerprint density at radius 3 is 1.21 bits per heavy atom. The molecule has 0 aliphatic heterocycles. The Balaban J connectivity index is 1.34. The maximum Gasteiger partial charge on any atom is 0.136 e. The average Bonchev–Trinajstić information content (AvgIpc) is 3.25. The monoisotopic (exact) mass is 420 g/mol. The Morgan fingerprint density at radius 2 is 0.727 bits per heavy atom. The Labute approximate surface area is 191 Å². The van der Waals surface area contributed by atoms with Crippen LogP contribution in [0.3, 0.4) is 0 Å². The molecule has 0 amide bonds. The maximum atomic E-state index is 6.35. The molecule has 33 heavy (non-hydrogen) atoms. The van der Waals surface area contributed by atoms with Gasteiger partial charge in [0.15, 0.2) is 0 Å². The highest BCUT2D eigenvalue weighted by atomic mass is 16.3. The molecule has 6 aromatic carbocycles. The van der Waals surface area contributed by atoms with Crippen LogP contribution in [-0.4, -0.2) is 0 Å². The van der Waals surface area contributed by atoms with Crippen LogP contribution >= 0.6 is 0 Å². The highest BCUT2D eigenvalue weighted by Crippen LogP contribution is 2.35. The Kier molecular flexibility index (Phi) is 3.91. The van der Waals surface area contributed by atoms with Gasteiger partial charge in [0.05, 0.1) is 0 Å². The van der Waals surface area contributed by atoms with E-state index in [0.717, 1.165) is 21.9 Å². The second-order valence-corrected chi connectivity index (χ2v) is 8.65. The molecule has 1 heterocycles. The number of hydrogen-bond donors (Lipinski definition) is 0. The zero-order valence-corrected chi connectivity index (χ0v) is 18.0. The van der Waals surface area contributed by atoms with Crippen LogP contribution in [0.4, 0.5) is 0 Å². The van der Waals surface area contributed by atoms with Crippen molar-refractivity contribution in [1.82, 2.24) is 0 Å². The van der Waals surface area contributed by atoms with Crippen LogP contribution in [0, 0.1) is 0 Å². The van der Waals surface area contributed by atoms with E-state index in [9.17, 15) is 0 Å². The van der Waals surface area contributed by atoms with E-state index in [1.807, 2.05) is 0 Å². The van der Waals surface area contributed by atoms with Crippen molar-refractivity contribution in [3.63, 3.8) is 0 Å². The van der Waals surface area contributed by atoms with Crippen molar-refractivity contribution in [2.45, 2.75) is 0 Å². The van der Waals surface area contributed by atoms with E-state index in [1.54, 1.807) is 0 Å². The zero-order valence-electron chi connectivity index (χ0n) is 18.0. The van der Waals surface area contributed by atoms with Gasteiger partial charge in [-0.15, -0.1) is 0 Å². The molecule has 154 valence electrons. The summed E-state index contributed by atoms with van der Waals surface area (Å²) in [4.78, 5) is 0. The van der Waals surface area contributed by atoms with E-state index in [-0.39, 0.29) is 0 Å². The number of furan rings is 1. The van der Waals surface area contributed by atoms with E-state index in [4.69, 9.17) is 4.42 Å². The summed E-state index contributed by atoms with van der Waals surface area (Å²) in [5.74, 6) is 0. The molecule has 0 saturated carbocycles. The molecule has 0 aliphatic carbocycles. The van der Waals surface area contributed by atoms with E-state index in [0.29, 0.717) is 0 Å². The first-order valence-corrected chi connectivity index (χ1v) is 11.3. The van der Waals surface area contributed by atoms with E-state index in [2.05, 4.69) is 121 Å². The molecule has 0 aliphatic rings. The molecule has 1 aromatic heterocycles. The third-order valence-electron chi connectivity index (χ3n) is 6.64. The molecule has 0 saturated heterocycles. The predicted molar refractivity (Wildman–Crippen MR) is 140 cm³/mol. The fourth-order valence-electron chi connectivity index (χ4n) is 4.87. The van der Waals surface area contributed by atoms with Gasteiger partial charge in [0.25, 0.3) is 0 Å². The Hall–Kier alpha value is -4.36. The Morgan fingerprint density at radius 1 is 0.333 bits per heavy atom. The second-order valence-electron chi connectivity index (χ2n) is 8.65. The summed E-state index contributed by atoms with van der Waals surface area (Å²) in [5.41, 5.74) is 6.59. The molecule has 0 unspecified atom stereocenters. The quantitative estimate of drug-likeness (QED) is 0.272. The number of benzene rings is 6. The third-order valence-corrected chi connectivity index (χ3v) is 6.64. The first-order chi connectivity index (χ1) is 16.3. The lowest BCUT2D eigenvalue weighted by Gasteiger charge is -2.04. The molecular formula is C32H20O. The van der Waals surface area contributed by atoms with Crippen LogP contribution in [0.25, 0.3) is 65.7 Å². The summed E-state index contributed by atoms with van der Waals surface area (Å²) in [7, 11) is 0. The summed E-state index contributed by atoms with van der Waals surface area (Å²) in [6.07, 6.45) is 0. The van der Waals surface area contributed by atoms with Gasteiger partial charge in [0.2, 0.25) is 0 Å². The van der Waals surface area contributed by atoms with Crippen molar-refractivity contribution in [2.24, 2.45) is 0 Å². The minimum atomic E-state index is 0.923. The maximum absolute atomic E-state index is 6.35. The minimum Gasteiger partial charge on any atom is -0.456 e. The SMILES string of the molecule is c1ccc2cc(-c3ccc4c(c3)oc3cc(-c5ccc6ccccc6c5)ccc34)ccc2c1. The van der Waals surface area contributed by atoms with Gasteiger partial charge in [0, 0.05) is 10.8 Å². The molecule has 1 nitrogen and oxygen atoms in total. The fourth-order valence-corrected chi connectivity index (χ4v) is 4.87. The largest absolute Gasteiger partial charge is 0.456 e. The highest BCUT2D eigenvalue weighted by Gasteiger charge is 2.11. The molecule has 0 N–H and O–H groups in total. The molecule has 0 spiro atoms. The lowest BCUT2D eigenvalue weighted by molar-refractivity contribution is 0.669. The number of fused-ring (bicyclic) bond motifs is 5. The molecule has 0 atom stereocenters. The molecule has 0 fully saturated rings. The lowest BCUT2D eigenvalue weighted by Crippen LogP contribution is -1.79. The summed E-state index contributed by atoms with van der Waals surface area (Å²) in [6.45, 7) is 0. The van der Waals surface area contributed by atoms with Crippen molar-refractivity contribution >= 4 is 43.5 Å². The van der Waals surface area contributed by atoms with Gasteiger partial charge in [-0.3, -0.25) is 0 Å². The minimum absolute atomic E-state index is 0.923. The average molecular weight is 421 g/mol. The lowest BCUT2D eigenvalue weighted by atomic mass is 9.99. The molecule has 7 aromatic rings. The topological polar surface area (TPSA) is 13.1 Å². The molecule has 7 rings (SSSR count). The van der Waals surface area contributed by atoms with Gasteiger partial charge in [-0.2, -0.15) is 0 Å². The van der Waals surface area contributed by atoms with Gasteiger partial charge >= 0.3 is 0 Å². The van der Waals surface area contributed by atoms with Crippen molar-refractivity contribution in [1.29, 1.82) is 0 Å². The first kappa shape index (κ1) is 18.2. The summed E-state index contributed by atoms with van der Waals surface area (Å²) in [5, 5.41) is 7.32. The van der Waals surface area contributed by atoms with Crippen molar-refractivity contribution in [3.05, 3.63) is 121 Å². The van der Waals surface area contributed by atoms with Crippen LogP contribution < -0.4 is 0 Å². The van der Waals surface area contributed by atoms with Gasteiger partial charge < -0.3 is 4.42 Å². The van der Waals surface area contributed by atoms with Crippen LogP contribution in [-0.2, 0) is 0 Å². The van der Waals surface area contributed by atoms with Gasteiger partial charge in [-0.05, 0) is 80.2 Å². The standard InChI is InChI=1S/C32H20O/c1-3-7-23-17-25(11-9-21(23)5-1)27-13-15-29-30-16-14-28(20-32(30)33-31(29)19-27)26-12-10-22-6-2-4-8-24(22)18-26/h1-20H. The summed E-state index contributed by atoms with van der Waals surface area (Å²) in [6, 6.07) is 43.2. The summed E-state index contributed by atoms with van der Waals surface area (Å²) < 4.78 is 6.35. The smallest absolute Gasteiger partial charge is 0.136 e. The van der Waals surface area contributed by atoms with Gasteiger partial charge in [0.1, 0.15) is 11.2 Å². The van der Waals surface area contributed by atoms with Crippen LogP contribution in [0.5, 0.6) is 0 Å². The number of rotatable bonds is 2. The van der Waals surface area contributed by atoms with Crippen molar-refractivity contribution in [2.75, 3.05) is 0 Å². The zero-order chi connectivity index (χ0) is 21.8. The highest BCUT2D eigenvalue weighted by molar-refractivity contribution is 6.07. The van der Waals surface area contributed by atoms with Gasteiger partial charge in [-0.25, -0.2) is 0 Å². The predicted octanol–water partition coefficient (Wildman–Crippen LogP) is 9.23. The van der Waals surface area contributed by atoms with Crippen molar-refractivity contribution < 1.29 is 4.42 Å². The molecular weight excluding hydrogens is 400 g/mol. The third kappa shape index (κ3) is 3.01. The van der Waals surface area contributed by atoms with E-state index in [1.165, 1.54) is 43.8 Å². The first-order valence-electron chi connectivity index (χ1n) is 11.3. The van der Waals surface area contributed by atoms with Crippen LogP contribution in [0.1, 0.15) is 0 Å². The fraction of sp³-hybridized carbons (Fsp3) is 0. The molecule has 0 bridgehead atoms. The van der Waals surface area contributed by atoms with E-state index < -0.39 is 0 Å². The Bertz CT molecular complexity index is 1690. The molecule has 1 heteroatoms. The summed E-state index contributed by atoms with van der Waals surface area (Å²) >= 11 is 0. The normalized spacial score (nSPS) is 11.6. The number of hydrogen-bond acceptors (Lipinski definition) is 1. The van der Waals surface area contributed by atoms with Crippen LogP contribution in [0.15, 0.2) is 126 Å². The van der Waals surface area contributed by atoms with E-state index >= 15 is 0 Å². The van der Waals surface area contributed by atoms with Gasteiger partial charge in [-0.1, -0.05) is 84.9 Å². The molecule has 0 radical (unpaired) electrons.